The number of aryl methyl sites for hydroxylation is 4. The number of quaternary nitrogens is 1. The number of hydrogen-bond acceptors (Lipinski definition) is 3. The molecule has 5 heteroatoms. The highest BCUT2D eigenvalue weighted by Gasteiger charge is 2.40. The van der Waals surface area contributed by atoms with E-state index in [1.54, 1.807) is 0 Å². The molecule has 0 amide bonds. The Balaban J connectivity index is 0.000000308. The number of carbonyl (C=O) groups excluding carboxylic acids is 2. The van der Waals surface area contributed by atoms with Crippen molar-refractivity contribution in [1.82, 2.24) is 4.90 Å². The molecule has 2 aliphatic heterocycles. The van der Waals surface area contributed by atoms with E-state index in [1.807, 2.05) is 0 Å². The monoisotopic (exact) mass is 731 g/mol. The molecule has 0 aliphatic carbocycles. The van der Waals surface area contributed by atoms with Gasteiger partial charge in [-0.05, 0) is 120 Å². The number of likely N-dealkylation sites (N-methyl/N-ethyl adjacent to an activating group) is 1. The van der Waals surface area contributed by atoms with Gasteiger partial charge >= 0.3 is 0 Å². The van der Waals surface area contributed by atoms with E-state index in [4.69, 9.17) is 0 Å². The largest absolute Gasteiger partial charge is 0.315 e. The number of halogens is 1. The first-order chi connectivity index (χ1) is 21.2. The Labute approximate surface area is 293 Å². The molecule has 4 rings (SSSR count). The molecule has 2 fully saturated rings. The molecular weight excluding hydrogens is 667 g/mol. The summed E-state index contributed by atoms with van der Waals surface area (Å²) in [6.45, 7) is 20.9. The number of nitrogens with zero attached hydrogens (tertiary/aromatic N) is 2. The summed E-state index contributed by atoms with van der Waals surface area (Å²) in [6, 6.07) is 13.0. The minimum atomic E-state index is 0. The SMILES string of the molecule is CCCC(C(=O)Cc1c(C)cccc1C)N1CCCCC1.CCCC(C(=O)Cc1c(C)cccc1C)[N+]1(CC)CCCCC1.I. The zero-order chi connectivity index (χ0) is 32.1. The number of piperidine rings is 2. The van der Waals surface area contributed by atoms with Crippen molar-refractivity contribution in [2.45, 2.75) is 138 Å². The van der Waals surface area contributed by atoms with Crippen LogP contribution >= 0.6 is 24.0 Å². The van der Waals surface area contributed by atoms with Gasteiger partial charge in [0.05, 0.1) is 25.7 Å². The zero-order valence-electron chi connectivity index (χ0n) is 29.8. The third-order valence-electron chi connectivity index (χ3n) is 10.7. The van der Waals surface area contributed by atoms with E-state index in [-0.39, 0.29) is 36.1 Å². The van der Waals surface area contributed by atoms with E-state index in [1.165, 1.54) is 85.0 Å². The second-order valence-corrected chi connectivity index (χ2v) is 13.8. The normalized spacial score (nSPS) is 17.8. The predicted molar refractivity (Wildman–Crippen MR) is 202 cm³/mol. The fourth-order valence-electron chi connectivity index (χ4n) is 7.89. The third-order valence-corrected chi connectivity index (χ3v) is 10.7. The lowest BCUT2D eigenvalue weighted by atomic mass is 9.91. The van der Waals surface area contributed by atoms with E-state index >= 15 is 0 Å². The van der Waals surface area contributed by atoms with Crippen molar-refractivity contribution in [2.24, 2.45) is 0 Å². The van der Waals surface area contributed by atoms with E-state index in [0.717, 1.165) is 49.8 Å². The van der Waals surface area contributed by atoms with Crippen molar-refractivity contribution in [3.63, 3.8) is 0 Å². The summed E-state index contributed by atoms with van der Waals surface area (Å²) < 4.78 is 1.04. The van der Waals surface area contributed by atoms with Gasteiger partial charge in [0.15, 0.2) is 11.6 Å². The number of hydrogen-bond donors (Lipinski definition) is 0. The molecule has 2 saturated heterocycles. The van der Waals surface area contributed by atoms with Crippen molar-refractivity contribution < 1.29 is 14.1 Å². The molecule has 2 heterocycles. The third kappa shape index (κ3) is 11.0. The average molecular weight is 732 g/mol. The molecular formula is C40H64IN2O2+. The highest BCUT2D eigenvalue weighted by molar-refractivity contribution is 14.0. The molecule has 2 aliphatic rings. The van der Waals surface area contributed by atoms with Gasteiger partial charge in [-0.2, -0.15) is 0 Å². The smallest absolute Gasteiger partial charge is 0.194 e. The van der Waals surface area contributed by atoms with Crippen LogP contribution in [0.1, 0.15) is 118 Å². The van der Waals surface area contributed by atoms with Gasteiger partial charge in [-0.15, -0.1) is 24.0 Å². The van der Waals surface area contributed by atoms with Crippen molar-refractivity contribution >= 4 is 35.5 Å². The summed E-state index contributed by atoms with van der Waals surface area (Å²) in [5, 5.41) is 0. The summed E-state index contributed by atoms with van der Waals surface area (Å²) in [5.41, 5.74) is 7.51. The van der Waals surface area contributed by atoms with Crippen LogP contribution in [0.2, 0.25) is 0 Å². The fraction of sp³-hybridized carbons (Fsp3) is 0.650. The average Bonchev–Trinajstić information content (AvgIpc) is 3.03. The molecule has 2 unspecified atom stereocenters. The molecule has 0 aromatic heterocycles. The molecule has 2 atom stereocenters. The summed E-state index contributed by atoms with van der Waals surface area (Å²) in [6.07, 6.45) is 13.2. The van der Waals surface area contributed by atoms with Gasteiger partial charge in [-0.1, -0.05) is 69.5 Å². The second kappa shape index (κ2) is 19.9. The Morgan fingerprint density at radius 1 is 0.667 bits per heavy atom. The van der Waals surface area contributed by atoms with Crippen LogP contribution in [0.15, 0.2) is 36.4 Å². The molecule has 252 valence electrons. The van der Waals surface area contributed by atoms with Gasteiger partial charge < -0.3 is 4.48 Å². The highest BCUT2D eigenvalue weighted by Crippen LogP contribution is 2.28. The summed E-state index contributed by atoms with van der Waals surface area (Å²) in [7, 11) is 0. The first kappa shape index (κ1) is 39.6. The molecule has 2 aromatic carbocycles. The topological polar surface area (TPSA) is 37.4 Å². The number of likely N-dealkylation sites (tertiary alicyclic amines) is 2. The summed E-state index contributed by atoms with van der Waals surface area (Å²) in [5.74, 6) is 0.879. The van der Waals surface area contributed by atoms with Gasteiger partial charge in [0.1, 0.15) is 6.04 Å². The fourth-order valence-corrected chi connectivity index (χ4v) is 7.89. The highest BCUT2D eigenvalue weighted by atomic mass is 127. The van der Waals surface area contributed by atoms with Crippen LogP contribution in [-0.4, -0.2) is 65.8 Å². The van der Waals surface area contributed by atoms with Gasteiger partial charge in [-0.25, -0.2) is 0 Å². The Hall–Kier alpha value is -1.57. The van der Waals surface area contributed by atoms with E-state index in [2.05, 4.69) is 89.8 Å². The molecule has 0 spiro atoms. The van der Waals surface area contributed by atoms with Crippen LogP contribution in [0.4, 0.5) is 0 Å². The number of ketones is 2. The summed E-state index contributed by atoms with van der Waals surface area (Å²) in [4.78, 5) is 28.6. The molecule has 0 saturated carbocycles. The Morgan fingerprint density at radius 3 is 1.56 bits per heavy atom. The molecule has 2 aromatic rings. The lowest BCUT2D eigenvalue weighted by Crippen LogP contribution is -2.61. The van der Waals surface area contributed by atoms with Crippen LogP contribution in [0, 0.1) is 27.7 Å². The number of Topliss-reactive ketones (excluding diaryl/α,β-unsaturated/α-hetero) is 2. The minimum absolute atomic E-state index is 0. The molecule has 45 heavy (non-hydrogen) atoms. The number of carbonyl (C=O) groups is 2. The Bertz CT molecular complexity index is 1160. The second-order valence-electron chi connectivity index (χ2n) is 13.8. The van der Waals surface area contributed by atoms with Crippen molar-refractivity contribution in [1.29, 1.82) is 0 Å². The molecule has 4 nitrogen and oxygen atoms in total. The van der Waals surface area contributed by atoms with Crippen LogP contribution in [0.5, 0.6) is 0 Å². The van der Waals surface area contributed by atoms with Crippen molar-refractivity contribution in [3.8, 4) is 0 Å². The van der Waals surface area contributed by atoms with Gasteiger partial charge in [-0.3, -0.25) is 14.5 Å². The van der Waals surface area contributed by atoms with E-state index in [0.29, 0.717) is 24.4 Å². The van der Waals surface area contributed by atoms with Crippen molar-refractivity contribution in [3.05, 3.63) is 69.8 Å². The maximum Gasteiger partial charge on any atom is 0.194 e. The predicted octanol–water partition coefficient (Wildman–Crippen LogP) is 9.29. The van der Waals surface area contributed by atoms with Gasteiger partial charge in [0, 0.05) is 19.3 Å². The van der Waals surface area contributed by atoms with Crippen molar-refractivity contribution in [2.75, 3.05) is 32.7 Å². The first-order valence-electron chi connectivity index (χ1n) is 17.9. The quantitative estimate of drug-likeness (QED) is 0.152. The Morgan fingerprint density at radius 2 is 1.11 bits per heavy atom. The lowest BCUT2D eigenvalue weighted by Gasteiger charge is -2.46. The van der Waals surface area contributed by atoms with Gasteiger partial charge in [0.2, 0.25) is 0 Å². The molecule has 0 N–H and O–H groups in total. The van der Waals surface area contributed by atoms with Gasteiger partial charge in [0.25, 0.3) is 0 Å². The number of benzene rings is 2. The minimum Gasteiger partial charge on any atom is -0.315 e. The maximum atomic E-state index is 13.3. The lowest BCUT2D eigenvalue weighted by molar-refractivity contribution is -0.945. The summed E-state index contributed by atoms with van der Waals surface area (Å²) >= 11 is 0. The maximum absolute atomic E-state index is 13.3. The van der Waals surface area contributed by atoms with Crippen LogP contribution in [-0.2, 0) is 22.4 Å². The van der Waals surface area contributed by atoms with Crippen LogP contribution in [0.3, 0.4) is 0 Å². The first-order valence-corrected chi connectivity index (χ1v) is 17.9. The van der Waals surface area contributed by atoms with E-state index < -0.39 is 0 Å². The standard InChI is InChI=1S/C21H34NO.C19H29NO.HI/c1-5-11-20(22(6-2)14-8-7-9-15-22)21(23)16-19-17(3)12-10-13-18(19)4;1-4-9-18(20-12-6-5-7-13-20)19(21)14-17-15(2)10-8-11-16(17)3;/h10,12-13,20H,5-9,11,14-16H2,1-4H3;8,10-11,18H,4-7,9,12-14H2,1-3H3;1H/q+1;;. The zero-order valence-corrected chi connectivity index (χ0v) is 32.1. The number of rotatable bonds is 13. The van der Waals surface area contributed by atoms with Crippen LogP contribution in [0.25, 0.3) is 0 Å². The van der Waals surface area contributed by atoms with Crippen LogP contribution < -0.4 is 0 Å². The molecule has 0 radical (unpaired) electrons. The van der Waals surface area contributed by atoms with E-state index in [9.17, 15) is 9.59 Å². The Kier molecular flexibility index (Phi) is 17.6. The molecule has 0 bridgehead atoms.